The maximum Gasteiger partial charge on any atom is 0.252 e. The number of nitrogens with zero attached hydrogens (tertiary/aromatic N) is 4. The molecule has 0 radical (unpaired) electrons. The third-order valence-electron chi connectivity index (χ3n) is 6.10. The van der Waals surface area contributed by atoms with Crippen molar-refractivity contribution in [2.75, 3.05) is 13.6 Å². The molecular formula is C24H29N5O2. The zero-order valence-corrected chi connectivity index (χ0v) is 18.0. The van der Waals surface area contributed by atoms with Crippen molar-refractivity contribution in [1.82, 2.24) is 24.8 Å². The van der Waals surface area contributed by atoms with Crippen LogP contribution in [0.5, 0.6) is 0 Å². The number of imidazole rings is 1. The van der Waals surface area contributed by atoms with Gasteiger partial charge in [0.05, 0.1) is 16.6 Å². The summed E-state index contributed by atoms with van der Waals surface area (Å²) in [4.78, 5) is 36.0. The fourth-order valence-electron chi connectivity index (χ4n) is 4.30. The Kier molecular flexibility index (Phi) is 6.60. The normalized spacial score (nSPS) is 14.5. The summed E-state index contributed by atoms with van der Waals surface area (Å²) < 4.78 is 1.99. The van der Waals surface area contributed by atoms with Crippen LogP contribution in [0.1, 0.15) is 48.3 Å². The Morgan fingerprint density at radius 2 is 1.94 bits per heavy atom. The van der Waals surface area contributed by atoms with Crippen LogP contribution in [0.25, 0.3) is 11.0 Å². The van der Waals surface area contributed by atoms with E-state index in [9.17, 15) is 9.59 Å². The second-order valence-electron chi connectivity index (χ2n) is 8.15. The number of benzene rings is 1. The minimum Gasteiger partial charge on any atom is -0.352 e. The molecule has 7 nitrogen and oxygen atoms in total. The highest BCUT2D eigenvalue weighted by Gasteiger charge is 2.23. The minimum atomic E-state index is -0.163. The highest BCUT2D eigenvalue weighted by Crippen LogP contribution is 2.23. The van der Waals surface area contributed by atoms with E-state index in [1.165, 1.54) is 19.3 Å². The van der Waals surface area contributed by atoms with Gasteiger partial charge < -0.3 is 14.8 Å². The number of carbonyl (C=O) groups is 2. The number of carbonyl (C=O) groups excluding carboxylic acids is 2. The third kappa shape index (κ3) is 4.93. The van der Waals surface area contributed by atoms with E-state index < -0.39 is 0 Å². The molecule has 0 bridgehead atoms. The molecule has 0 spiro atoms. The molecule has 1 fully saturated rings. The molecule has 2 aromatic heterocycles. The minimum absolute atomic E-state index is 0.107. The van der Waals surface area contributed by atoms with Crippen molar-refractivity contribution in [2.24, 2.45) is 0 Å². The van der Waals surface area contributed by atoms with E-state index in [2.05, 4.69) is 10.3 Å². The van der Waals surface area contributed by atoms with Gasteiger partial charge in [-0.15, -0.1) is 0 Å². The van der Waals surface area contributed by atoms with Crippen LogP contribution in [0.3, 0.4) is 0 Å². The summed E-state index contributed by atoms with van der Waals surface area (Å²) in [5, 5.41) is 2.92. The number of nitrogens with one attached hydrogen (secondary N) is 1. The number of likely N-dealkylation sites (N-methyl/N-ethyl adjacent to an activating group) is 1. The second kappa shape index (κ2) is 9.73. The van der Waals surface area contributed by atoms with Crippen LogP contribution in [0, 0.1) is 0 Å². The van der Waals surface area contributed by atoms with Crippen LogP contribution < -0.4 is 5.32 Å². The maximum absolute atomic E-state index is 13.1. The summed E-state index contributed by atoms with van der Waals surface area (Å²) in [6, 6.07) is 11.7. The van der Waals surface area contributed by atoms with E-state index in [1.54, 1.807) is 24.5 Å². The molecule has 31 heavy (non-hydrogen) atoms. The van der Waals surface area contributed by atoms with Gasteiger partial charge in [0.25, 0.3) is 5.91 Å². The average Bonchev–Trinajstić information content (AvgIpc) is 3.16. The molecule has 2 amide bonds. The number of pyridine rings is 1. The van der Waals surface area contributed by atoms with Crippen LogP contribution in [-0.4, -0.2) is 50.9 Å². The lowest BCUT2D eigenvalue weighted by Crippen LogP contribution is -2.40. The molecule has 0 aliphatic heterocycles. The van der Waals surface area contributed by atoms with Crippen molar-refractivity contribution < 1.29 is 9.59 Å². The van der Waals surface area contributed by atoms with E-state index in [4.69, 9.17) is 4.98 Å². The van der Waals surface area contributed by atoms with Crippen molar-refractivity contribution in [3.05, 3.63) is 60.2 Å². The Balaban J connectivity index is 1.46. The fourth-order valence-corrected chi connectivity index (χ4v) is 4.30. The van der Waals surface area contributed by atoms with Gasteiger partial charge in [-0.3, -0.25) is 14.6 Å². The molecule has 1 saturated carbocycles. The molecule has 0 unspecified atom stereocenters. The molecular weight excluding hydrogens is 390 g/mol. The van der Waals surface area contributed by atoms with Crippen molar-refractivity contribution in [3.8, 4) is 0 Å². The third-order valence-corrected chi connectivity index (χ3v) is 6.10. The van der Waals surface area contributed by atoms with Gasteiger partial charge in [0.15, 0.2) is 0 Å². The highest BCUT2D eigenvalue weighted by atomic mass is 16.2. The summed E-state index contributed by atoms with van der Waals surface area (Å²) in [6.07, 6.45) is 9.54. The van der Waals surface area contributed by atoms with Crippen LogP contribution in [-0.2, 0) is 17.8 Å². The summed E-state index contributed by atoms with van der Waals surface area (Å²) in [7, 11) is 1.92. The number of rotatable bonds is 7. The topological polar surface area (TPSA) is 80.1 Å². The van der Waals surface area contributed by atoms with E-state index in [0.717, 1.165) is 29.7 Å². The summed E-state index contributed by atoms with van der Waals surface area (Å²) in [5.41, 5.74) is 2.34. The van der Waals surface area contributed by atoms with Gasteiger partial charge >= 0.3 is 0 Å². The average molecular weight is 420 g/mol. The first-order valence-electron chi connectivity index (χ1n) is 11.0. The SMILES string of the molecule is CN(C(=O)Cn1c(CCNC(=O)c2cccnc2)nc2ccccc21)C1CCCCC1. The van der Waals surface area contributed by atoms with Crippen LogP contribution in [0.15, 0.2) is 48.8 Å². The Morgan fingerprint density at radius 1 is 1.13 bits per heavy atom. The molecule has 0 saturated heterocycles. The number of amides is 2. The predicted molar refractivity (Wildman–Crippen MR) is 120 cm³/mol. The zero-order valence-electron chi connectivity index (χ0n) is 18.0. The van der Waals surface area contributed by atoms with Crippen molar-refractivity contribution in [3.63, 3.8) is 0 Å². The van der Waals surface area contributed by atoms with Crippen LogP contribution in [0.2, 0.25) is 0 Å². The van der Waals surface area contributed by atoms with E-state index in [1.807, 2.05) is 40.8 Å². The summed E-state index contributed by atoms with van der Waals surface area (Å²) in [5.74, 6) is 0.748. The van der Waals surface area contributed by atoms with E-state index >= 15 is 0 Å². The number of hydrogen-bond acceptors (Lipinski definition) is 4. The van der Waals surface area contributed by atoms with E-state index in [-0.39, 0.29) is 18.4 Å². The van der Waals surface area contributed by atoms with Gasteiger partial charge in [-0.25, -0.2) is 4.98 Å². The molecule has 1 aliphatic rings. The largest absolute Gasteiger partial charge is 0.352 e. The Morgan fingerprint density at radius 3 is 2.71 bits per heavy atom. The molecule has 1 N–H and O–H groups in total. The number of aromatic nitrogens is 3. The fraction of sp³-hybridized carbons (Fsp3) is 0.417. The van der Waals surface area contributed by atoms with Crippen LogP contribution >= 0.6 is 0 Å². The number of para-hydroxylation sites is 2. The van der Waals surface area contributed by atoms with Gasteiger partial charge in [0, 0.05) is 38.4 Å². The first kappa shape index (κ1) is 21.0. The molecule has 1 aliphatic carbocycles. The lowest BCUT2D eigenvalue weighted by atomic mass is 9.94. The Bertz CT molecular complexity index is 1040. The molecule has 7 heteroatoms. The predicted octanol–water partition coefficient (Wildman–Crippen LogP) is 3.19. The summed E-state index contributed by atoms with van der Waals surface area (Å²) in [6.45, 7) is 0.698. The van der Waals surface area contributed by atoms with Gasteiger partial charge in [-0.1, -0.05) is 31.4 Å². The van der Waals surface area contributed by atoms with Gasteiger partial charge in [0.2, 0.25) is 5.91 Å². The van der Waals surface area contributed by atoms with Crippen molar-refractivity contribution in [1.29, 1.82) is 0 Å². The van der Waals surface area contributed by atoms with Gasteiger partial charge in [-0.05, 0) is 37.1 Å². The molecule has 2 heterocycles. The molecule has 0 atom stereocenters. The second-order valence-corrected chi connectivity index (χ2v) is 8.15. The first-order valence-corrected chi connectivity index (χ1v) is 11.0. The quantitative estimate of drug-likeness (QED) is 0.638. The first-order chi connectivity index (χ1) is 15.1. The Hall–Kier alpha value is -3.22. The highest BCUT2D eigenvalue weighted by molar-refractivity contribution is 5.93. The zero-order chi connectivity index (χ0) is 21.6. The van der Waals surface area contributed by atoms with Crippen molar-refractivity contribution >= 4 is 22.8 Å². The lowest BCUT2D eigenvalue weighted by molar-refractivity contribution is -0.133. The maximum atomic E-state index is 13.1. The van der Waals surface area contributed by atoms with Crippen LogP contribution in [0.4, 0.5) is 0 Å². The number of fused-ring (bicyclic) bond motifs is 1. The lowest BCUT2D eigenvalue weighted by Gasteiger charge is -2.31. The monoisotopic (exact) mass is 419 g/mol. The molecule has 3 aromatic rings. The molecule has 4 rings (SSSR count). The van der Waals surface area contributed by atoms with Crippen molar-refractivity contribution in [2.45, 2.75) is 51.1 Å². The summed E-state index contributed by atoms with van der Waals surface area (Å²) >= 11 is 0. The van der Waals surface area contributed by atoms with E-state index in [0.29, 0.717) is 24.6 Å². The standard InChI is InChI=1S/C24H29N5O2/c1-28(19-9-3-2-4-10-19)23(30)17-29-21-12-6-5-11-20(21)27-22(29)13-15-26-24(31)18-8-7-14-25-16-18/h5-8,11-12,14,16,19H,2-4,9-10,13,15,17H2,1H3,(H,26,31). The van der Waals surface area contributed by atoms with Gasteiger partial charge in [0.1, 0.15) is 12.4 Å². The van der Waals surface area contributed by atoms with Gasteiger partial charge in [-0.2, -0.15) is 0 Å². The Labute approximate surface area is 182 Å². The smallest absolute Gasteiger partial charge is 0.252 e. The number of hydrogen-bond donors (Lipinski definition) is 1. The molecule has 162 valence electrons. The molecule has 1 aromatic carbocycles.